The monoisotopic (exact) mass is 624 g/mol. The second kappa shape index (κ2) is 13.0. The van der Waals surface area contributed by atoms with Crippen LogP contribution in [0.15, 0.2) is 79.0 Å². The zero-order chi connectivity index (χ0) is 31.4. The molecule has 4 aromatic rings. The molecule has 1 aromatic heterocycles. The molecule has 1 atom stereocenters. The summed E-state index contributed by atoms with van der Waals surface area (Å²) in [6.45, 7) is 0. The molecule has 7 nitrogen and oxygen atoms in total. The van der Waals surface area contributed by atoms with Crippen molar-refractivity contribution in [2.45, 2.75) is 44.4 Å². The first-order chi connectivity index (χ1) is 21.0. The topological polar surface area (TPSA) is 91.6 Å². The maximum atomic E-state index is 13.5. The molecule has 2 heterocycles. The lowest BCUT2D eigenvalue weighted by Crippen LogP contribution is -2.33. The number of ether oxygens (including phenoxy) is 2. The van der Waals surface area contributed by atoms with Crippen LogP contribution in [0, 0.1) is 5.21 Å². The van der Waals surface area contributed by atoms with Gasteiger partial charge in [0, 0.05) is 34.3 Å². The highest BCUT2D eigenvalue weighted by Crippen LogP contribution is 2.38. The van der Waals surface area contributed by atoms with E-state index in [1.54, 1.807) is 24.3 Å². The SMILES string of the molecule is COC(=O)Cc1ccc2c(c1)NC(=O)CCCC[C@H](c1ccc(-c3cc(Cl)ccc3OC(F)(F)F)c[n+]1[O-])c1cccc-2c1. The summed E-state index contributed by atoms with van der Waals surface area (Å²) in [5.74, 6) is -1.40. The fourth-order valence-electron chi connectivity index (χ4n) is 5.41. The number of esters is 1. The lowest BCUT2D eigenvalue weighted by Gasteiger charge is -2.21. The maximum Gasteiger partial charge on any atom is 0.573 e. The first kappa shape index (κ1) is 30.9. The number of rotatable bonds is 5. The molecule has 44 heavy (non-hydrogen) atoms. The molecule has 5 rings (SSSR count). The molecule has 0 fully saturated rings. The first-order valence-electron chi connectivity index (χ1n) is 13.9. The third kappa shape index (κ3) is 7.31. The highest BCUT2D eigenvalue weighted by atomic mass is 35.5. The summed E-state index contributed by atoms with van der Waals surface area (Å²) in [7, 11) is 1.32. The minimum atomic E-state index is -4.92. The van der Waals surface area contributed by atoms with Crippen molar-refractivity contribution in [3.63, 3.8) is 0 Å². The van der Waals surface area contributed by atoms with Gasteiger partial charge in [-0.15, -0.1) is 13.2 Å². The van der Waals surface area contributed by atoms with Gasteiger partial charge in [-0.3, -0.25) is 9.59 Å². The number of carbonyl (C=O) groups excluding carboxylic acids is 2. The molecule has 2 bridgehead atoms. The Morgan fingerprint density at radius 3 is 2.59 bits per heavy atom. The third-order valence-electron chi connectivity index (χ3n) is 7.46. The second-order valence-electron chi connectivity index (χ2n) is 10.5. The van der Waals surface area contributed by atoms with Gasteiger partial charge in [0.2, 0.25) is 5.91 Å². The number of anilines is 1. The van der Waals surface area contributed by atoms with Crippen molar-refractivity contribution in [3.05, 3.63) is 106 Å². The van der Waals surface area contributed by atoms with Crippen LogP contribution in [-0.2, 0) is 20.7 Å². The van der Waals surface area contributed by atoms with Crippen LogP contribution in [0.4, 0.5) is 18.9 Å². The van der Waals surface area contributed by atoms with Crippen LogP contribution in [0.1, 0.15) is 48.4 Å². The van der Waals surface area contributed by atoms with E-state index in [2.05, 4.69) is 10.1 Å². The molecule has 1 amide bonds. The molecule has 0 unspecified atom stereocenters. The van der Waals surface area contributed by atoms with Gasteiger partial charge in [0.25, 0.3) is 0 Å². The molecule has 0 spiro atoms. The van der Waals surface area contributed by atoms with E-state index >= 15 is 0 Å². The number of nitrogens with one attached hydrogen (secondary N) is 1. The van der Waals surface area contributed by atoms with Gasteiger partial charge in [-0.05, 0) is 59.9 Å². The quantitative estimate of drug-likeness (QED) is 0.141. The molecule has 11 heteroatoms. The highest BCUT2D eigenvalue weighted by Gasteiger charge is 2.33. The number of alkyl halides is 3. The van der Waals surface area contributed by atoms with E-state index in [1.165, 1.54) is 25.4 Å². The van der Waals surface area contributed by atoms with Crippen LogP contribution in [0.5, 0.6) is 5.75 Å². The summed E-state index contributed by atoms with van der Waals surface area (Å²) in [4.78, 5) is 24.7. The summed E-state index contributed by atoms with van der Waals surface area (Å²) < 4.78 is 48.8. The summed E-state index contributed by atoms with van der Waals surface area (Å²) in [5.41, 5.74) is 4.30. The summed E-state index contributed by atoms with van der Waals surface area (Å²) in [6, 6.07) is 19.9. The summed E-state index contributed by atoms with van der Waals surface area (Å²) in [6.07, 6.45) is -1.63. The highest BCUT2D eigenvalue weighted by molar-refractivity contribution is 6.31. The predicted octanol–water partition coefficient (Wildman–Crippen LogP) is 7.57. The fourth-order valence-corrected chi connectivity index (χ4v) is 5.59. The fraction of sp³-hybridized carbons (Fsp3) is 0.242. The number of hydrogen-bond donors (Lipinski definition) is 1. The van der Waals surface area contributed by atoms with Gasteiger partial charge in [-0.2, -0.15) is 4.73 Å². The van der Waals surface area contributed by atoms with Crippen LogP contribution < -0.4 is 14.8 Å². The molecular weight excluding hydrogens is 597 g/mol. The number of nitrogens with zero attached hydrogens (tertiary/aromatic N) is 1. The number of methoxy groups -OCH3 is 1. The van der Waals surface area contributed by atoms with Crippen LogP contribution in [-0.4, -0.2) is 25.3 Å². The third-order valence-corrected chi connectivity index (χ3v) is 7.70. The second-order valence-corrected chi connectivity index (χ2v) is 10.9. The van der Waals surface area contributed by atoms with E-state index in [9.17, 15) is 28.0 Å². The van der Waals surface area contributed by atoms with Crippen LogP contribution >= 0.6 is 11.6 Å². The molecule has 0 saturated carbocycles. The largest absolute Gasteiger partial charge is 0.618 e. The average Bonchev–Trinajstić information content (AvgIpc) is 2.97. The Bertz CT molecular complexity index is 1710. The normalized spacial score (nSPS) is 15.3. The Morgan fingerprint density at radius 1 is 1.02 bits per heavy atom. The Morgan fingerprint density at radius 2 is 1.84 bits per heavy atom. The van der Waals surface area contributed by atoms with E-state index < -0.39 is 18.1 Å². The van der Waals surface area contributed by atoms with Gasteiger partial charge < -0.3 is 20.0 Å². The zero-order valence-electron chi connectivity index (χ0n) is 23.6. The standard InChI is InChI=1S/C33H28ClF3N2O5/c1-43-32(41)16-20-9-12-25-21-5-4-6-22(17-21)26(7-2-3-8-31(40)38-28(25)15-20)29-13-10-23(19-39(29)42)27-18-24(34)11-14-30(27)44-33(35,36)37/h4-6,9-15,17-19,26H,2-3,7-8,16H2,1H3,(H,38,40)/t26-/m0/s1. The first-order valence-corrected chi connectivity index (χ1v) is 14.3. The van der Waals surface area contributed by atoms with Gasteiger partial charge in [0.1, 0.15) is 5.75 Å². The Hall–Kier alpha value is -4.57. The van der Waals surface area contributed by atoms with Gasteiger partial charge in [-0.1, -0.05) is 54.4 Å². The Kier molecular flexibility index (Phi) is 9.10. The van der Waals surface area contributed by atoms with Crippen molar-refractivity contribution in [3.8, 4) is 28.0 Å². The molecule has 228 valence electrons. The van der Waals surface area contributed by atoms with E-state index in [-0.39, 0.29) is 40.8 Å². The molecule has 1 aliphatic rings. The molecule has 0 radical (unpaired) electrons. The number of halogens is 4. The van der Waals surface area contributed by atoms with Gasteiger partial charge >= 0.3 is 12.3 Å². The van der Waals surface area contributed by atoms with Gasteiger partial charge in [-0.25, -0.2) is 0 Å². The number of pyridine rings is 1. The van der Waals surface area contributed by atoms with Crippen molar-refractivity contribution in [2.75, 3.05) is 12.4 Å². The van der Waals surface area contributed by atoms with E-state index in [0.29, 0.717) is 40.9 Å². The smallest absolute Gasteiger partial charge is 0.573 e. The average molecular weight is 625 g/mol. The van der Waals surface area contributed by atoms with Crippen LogP contribution in [0.25, 0.3) is 22.3 Å². The zero-order valence-corrected chi connectivity index (χ0v) is 24.4. The number of amides is 1. The van der Waals surface area contributed by atoms with Crippen molar-refractivity contribution in [1.29, 1.82) is 0 Å². The molecule has 0 saturated heterocycles. The number of hydrogen-bond acceptors (Lipinski definition) is 5. The Balaban J connectivity index is 1.55. The molecule has 0 aliphatic carbocycles. The Labute approximate surface area is 256 Å². The number of benzene rings is 3. The van der Waals surface area contributed by atoms with E-state index in [0.717, 1.165) is 22.8 Å². The molecular formula is C33H28ClF3N2O5. The lowest BCUT2D eigenvalue weighted by atomic mass is 9.87. The van der Waals surface area contributed by atoms with Crippen molar-refractivity contribution >= 4 is 29.2 Å². The van der Waals surface area contributed by atoms with Crippen LogP contribution in [0.2, 0.25) is 5.02 Å². The lowest BCUT2D eigenvalue weighted by molar-refractivity contribution is -0.614. The minimum absolute atomic E-state index is 0.0286. The van der Waals surface area contributed by atoms with Crippen molar-refractivity contribution < 1.29 is 37.0 Å². The van der Waals surface area contributed by atoms with Gasteiger partial charge in [0.05, 0.1) is 25.0 Å². The molecule has 1 N–H and O–H groups in total. The number of fused-ring (bicyclic) bond motifs is 4. The van der Waals surface area contributed by atoms with E-state index in [4.69, 9.17) is 16.3 Å². The molecule has 3 aromatic carbocycles. The van der Waals surface area contributed by atoms with Crippen molar-refractivity contribution in [2.24, 2.45) is 0 Å². The minimum Gasteiger partial charge on any atom is -0.618 e. The predicted molar refractivity (Wildman–Crippen MR) is 159 cm³/mol. The molecule has 1 aliphatic heterocycles. The van der Waals surface area contributed by atoms with E-state index in [1.807, 2.05) is 30.3 Å². The summed E-state index contributed by atoms with van der Waals surface area (Å²) >= 11 is 6.07. The summed E-state index contributed by atoms with van der Waals surface area (Å²) in [5, 5.41) is 16.7. The van der Waals surface area contributed by atoms with Crippen molar-refractivity contribution in [1.82, 2.24) is 0 Å². The maximum absolute atomic E-state index is 13.5. The van der Waals surface area contributed by atoms with Gasteiger partial charge in [0.15, 0.2) is 11.9 Å². The number of carbonyl (C=O) groups is 2. The number of aromatic nitrogens is 1. The van der Waals surface area contributed by atoms with Crippen LogP contribution in [0.3, 0.4) is 0 Å².